The molecule has 42 heavy (non-hydrogen) atoms. The van der Waals surface area contributed by atoms with Crippen molar-refractivity contribution in [1.29, 1.82) is 0 Å². The predicted molar refractivity (Wildman–Crippen MR) is 162 cm³/mol. The number of benzene rings is 1. The molecule has 0 radical (unpaired) electrons. The number of carbonyl (C=O) groups excluding carboxylic acids is 3. The van der Waals surface area contributed by atoms with Gasteiger partial charge in [-0.2, -0.15) is 4.98 Å². The summed E-state index contributed by atoms with van der Waals surface area (Å²) in [7, 11) is 7.03. The normalized spacial score (nSPS) is 13.1. The van der Waals surface area contributed by atoms with Crippen LogP contribution in [0.15, 0.2) is 28.8 Å². The third-order valence-electron chi connectivity index (χ3n) is 5.67. The summed E-state index contributed by atoms with van der Waals surface area (Å²) in [6.07, 6.45) is 1.05. The van der Waals surface area contributed by atoms with E-state index < -0.39 is 22.8 Å². The summed E-state index contributed by atoms with van der Waals surface area (Å²) in [5.41, 5.74) is 0.590. The van der Waals surface area contributed by atoms with E-state index in [1.807, 2.05) is 23.5 Å². The third-order valence-corrected chi connectivity index (χ3v) is 5.67. The first-order chi connectivity index (χ1) is 19.7. The Bertz CT molecular complexity index is 1480. The first-order valence-electron chi connectivity index (χ1n) is 13.5. The highest BCUT2D eigenvalue weighted by Crippen LogP contribution is 2.38. The number of alkyl carbamates (subject to hydrolysis) is 1. The molecule has 0 unspecified atom stereocenters. The van der Waals surface area contributed by atoms with Crippen LogP contribution in [0.1, 0.15) is 49.9 Å². The summed E-state index contributed by atoms with van der Waals surface area (Å²) in [6.45, 7) is 5.28. The second-order valence-electron chi connectivity index (χ2n) is 11.8. The molecule has 0 aliphatic heterocycles. The number of carbonyl (C=O) groups is 3. The SMILES string of the molecule is BC(B)(B)NC(=O)c1nnc(NC(=O)C2CC2)cc1Nc1cccc(-c2nc(CNC(=O)OC(C)(C)C)no2)c1OC. The summed E-state index contributed by atoms with van der Waals surface area (Å²) in [5.74, 6) is 0.287. The van der Waals surface area contributed by atoms with E-state index in [4.69, 9.17) is 14.0 Å². The van der Waals surface area contributed by atoms with E-state index in [1.54, 1.807) is 45.0 Å². The van der Waals surface area contributed by atoms with E-state index >= 15 is 0 Å². The van der Waals surface area contributed by atoms with Crippen LogP contribution in [-0.4, -0.2) is 79.7 Å². The lowest BCUT2D eigenvalue weighted by molar-refractivity contribution is -0.117. The molecule has 2 aromatic heterocycles. The number of rotatable bonds is 10. The van der Waals surface area contributed by atoms with Gasteiger partial charge in [-0.15, -0.1) is 10.2 Å². The van der Waals surface area contributed by atoms with Gasteiger partial charge in [0, 0.05) is 12.0 Å². The molecule has 0 saturated heterocycles. The minimum Gasteiger partial charge on any atom is -0.494 e. The van der Waals surface area contributed by atoms with E-state index in [0.29, 0.717) is 22.7 Å². The monoisotopic (exact) mass is 574 g/mol. The third kappa shape index (κ3) is 8.24. The highest BCUT2D eigenvalue weighted by Gasteiger charge is 2.30. The molecule has 14 nitrogen and oxygen atoms in total. The molecular formula is C25H33B3N8O6. The molecule has 218 valence electrons. The number of methoxy groups -OCH3 is 1. The molecular weight excluding hydrogens is 541 g/mol. The number of nitrogens with one attached hydrogen (secondary N) is 4. The standard InChI is InChI=1S/C25H33B3N8O6/c1-24(2,3)41-23(39)29-11-17-32-22(42-36-17)13-6-5-7-14(19(13)40-4)30-15-10-16(31-20(37)12-8-9-12)34-35-18(15)21(38)33-25(26,27)28/h5-7,10,12H,8-9,11,26-28H2,1-4H3,(H,29,39)(H,33,38)(H2,30,31,34,37). The Kier molecular flexibility index (Phi) is 8.78. The average molecular weight is 574 g/mol. The molecule has 0 bridgehead atoms. The van der Waals surface area contributed by atoms with Gasteiger partial charge in [0.25, 0.3) is 11.8 Å². The number of aromatic nitrogens is 4. The molecule has 2 heterocycles. The molecule has 1 aromatic carbocycles. The first-order valence-corrected chi connectivity index (χ1v) is 13.5. The summed E-state index contributed by atoms with van der Waals surface area (Å²) in [6, 6.07) is 6.74. The zero-order chi connectivity index (χ0) is 30.7. The Balaban J connectivity index is 1.61. The van der Waals surface area contributed by atoms with Crippen molar-refractivity contribution >= 4 is 58.6 Å². The minimum atomic E-state index is -0.644. The van der Waals surface area contributed by atoms with Crippen molar-refractivity contribution in [3.05, 3.63) is 35.8 Å². The molecule has 4 N–H and O–H groups in total. The van der Waals surface area contributed by atoms with Gasteiger partial charge in [-0.3, -0.25) is 9.59 Å². The zero-order valence-corrected chi connectivity index (χ0v) is 24.7. The first kappa shape index (κ1) is 30.4. The van der Waals surface area contributed by atoms with Gasteiger partial charge in [0.1, 0.15) is 29.1 Å². The van der Waals surface area contributed by atoms with Gasteiger partial charge in [0.05, 0.1) is 30.6 Å². The van der Waals surface area contributed by atoms with Crippen LogP contribution in [0.3, 0.4) is 0 Å². The lowest BCUT2D eigenvalue weighted by Gasteiger charge is -2.21. The molecule has 0 spiro atoms. The van der Waals surface area contributed by atoms with Crippen LogP contribution < -0.4 is 26.0 Å². The van der Waals surface area contributed by atoms with Crippen molar-refractivity contribution in [2.75, 3.05) is 17.7 Å². The number of amides is 3. The second kappa shape index (κ2) is 12.1. The van der Waals surface area contributed by atoms with Crippen molar-refractivity contribution in [2.24, 2.45) is 5.92 Å². The zero-order valence-electron chi connectivity index (χ0n) is 24.7. The van der Waals surface area contributed by atoms with E-state index in [1.165, 1.54) is 7.11 Å². The van der Waals surface area contributed by atoms with E-state index in [9.17, 15) is 14.4 Å². The lowest BCUT2D eigenvalue weighted by atomic mass is 9.49. The largest absolute Gasteiger partial charge is 0.494 e. The van der Waals surface area contributed by atoms with Gasteiger partial charge in [-0.25, -0.2) is 4.79 Å². The van der Waals surface area contributed by atoms with E-state index in [0.717, 1.165) is 12.8 Å². The van der Waals surface area contributed by atoms with Gasteiger partial charge in [0.2, 0.25) is 5.91 Å². The van der Waals surface area contributed by atoms with Crippen LogP contribution in [0.4, 0.5) is 22.0 Å². The van der Waals surface area contributed by atoms with Crippen LogP contribution in [0.25, 0.3) is 11.5 Å². The molecule has 0 atom stereocenters. The van der Waals surface area contributed by atoms with Gasteiger partial charge in [0.15, 0.2) is 23.1 Å². The molecule has 1 aliphatic rings. The second-order valence-corrected chi connectivity index (χ2v) is 11.8. The lowest BCUT2D eigenvalue weighted by Crippen LogP contribution is -2.50. The number of hydrogen-bond donors (Lipinski definition) is 4. The van der Waals surface area contributed by atoms with Crippen molar-refractivity contribution in [1.82, 2.24) is 31.0 Å². The fraction of sp³-hybridized carbons (Fsp3) is 0.400. The Labute approximate surface area is 245 Å². The Morgan fingerprint density at radius 2 is 1.83 bits per heavy atom. The number of anilines is 3. The van der Waals surface area contributed by atoms with E-state index in [2.05, 4.69) is 41.6 Å². The maximum Gasteiger partial charge on any atom is 0.408 e. The maximum absolute atomic E-state index is 13.1. The van der Waals surface area contributed by atoms with Crippen molar-refractivity contribution in [3.8, 4) is 17.2 Å². The Morgan fingerprint density at radius 3 is 2.48 bits per heavy atom. The van der Waals surface area contributed by atoms with Gasteiger partial charge >= 0.3 is 6.09 Å². The number of ether oxygens (including phenoxy) is 2. The molecule has 1 aliphatic carbocycles. The highest BCUT2D eigenvalue weighted by molar-refractivity contribution is 6.60. The Morgan fingerprint density at radius 1 is 1.10 bits per heavy atom. The van der Waals surface area contributed by atoms with Crippen molar-refractivity contribution in [2.45, 2.75) is 51.0 Å². The molecule has 4 rings (SSSR count). The molecule has 3 amide bonds. The van der Waals surface area contributed by atoms with Crippen molar-refractivity contribution < 1.29 is 28.4 Å². The van der Waals surface area contributed by atoms with Gasteiger partial charge in [-0.1, -0.05) is 11.2 Å². The summed E-state index contributed by atoms with van der Waals surface area (Å²) in [5, 5.41) is 23.0. The Hall–Kier alpha value is -4.56. The summed E-state index contributed by atoms with van der Waals surface area (Å²) in [4.78, 5) is 41.8. The number of para-hydroxylation sites is 1. The number of hydrogen-bond acceptors (Lipinski definition) is 11. The fourth-order valence-electron chi connectivity index (χ4n) is 3.76. The topological polar surface area (TPSA) is 182 Å². The predicted octanol–water partition coefficient (Wildman–Crippen LogP) is -0.108. The van der Waals surface area contributed by atoms with Crippen LogP contribution in [-0.2, 0) is 16.1 Å². The number of nitrogens with zero attached hydrogens (tertiary/aromatic N) is 4. The van der Waals surface area contributed by atoms with Crippen LogP contribution in [0.5, 0.6) is 5.75 Å². The quantitative estimate of drug-likeness (QED) is 0.237. The van der Waals surface area contributed by atoms with Crippen LogP contribution >= 0.6 is 0 Å². The molecule has 1 fully saturated rings. The van der Waals surface area contributed by atoms with E-state index in [-0.39, 0.29) is 41.6 Å². The van der Waals surface area contributed by atoms with Gasteiger partial charge < -0.3 is 35.3 Å². The van der Waals surface area contributed by atoms with Crippen LogP contribution in [0.2, 0.25) is 0 Å². The highest BCUT2D eigenvalue weighted by atomic mass is 16.6. The minimum absolute atomic E-state index is 0.0110. The molecule has 3 aromatic rings. The van der Waals surface area contributed by atoms with Crippen molar-refractivity contribution in [3.63, 3.8) is 0 Å². The van der Waals surface area contributed by atoms with Gasteiger partial charge in [-0.05, 0) is 51.0 Å². The summed E-state index contributed by atoms with van der Waals surface area (Å²) >= 11 is 0. The average Bonchev–Trinajstić information content (AvgIpc) is 3.63. The summed E-state index contributed by atoms with van der Waals surface area (Å²) < 4.78 is 16.4. The smallest absolute Gasteiger partial charge is 0.408 e. The molecule has 1 saturated carbocycles. The molecule has 17 heteroatoms. The maximum atomic E-state index is 13.1. The fourth-order valence-corrected chi connectivity index (χ4v) is 3.76. The van der Waals surface area contributed by atoms with Crippen LogP contribution in [0, 0.1) is 5.92 Å².